The Bertz CT molecular complexity index is 356. The summed E-state index contributed by atoms with van der Waals surface area (Å²) in [5, 5.41) is 0. The lowest BCUT2D eigenvalue weighted by molar-refractivity contribution is -0.140. The van der Waals surface area contributed by atoms with E-state index in [4.69, 9.17) is 0 Å². The van der Waals surface area contributed by atoms with E-state index in [1.54, 1.807) is 6.92 Å². The van der Waals surface area contributed by atoms with E-state index >= 15 is 0 Å². The minimum absolute atomic E-state index is 0.0464. The molecule has 0 unspecified atom stereocenters. The molecule has 0 aromatic rings. The van der Waals surface area contributed by atoms with E-state index in [1.807, 2.05) is 0 Å². The van der Waals surface area contributed by atoms with Gasteiger partial charge in [0.25, 0.3) is 0 Å². The Labute approximate surface area is 99.3 Å². The fourth-order valence-corrected chi connectivity index (χ4v) is 1.81. The molecule has 0 aromatic carbocycles. The van der Waals surface area contributed by atoms with Crippen LogP contribution in [0.15, 0.2) is 21.7 Å². The fourth-order valence-electron chi connectivity index (χ4n) is 1.38. The molecule has 0 saturated heterocycles. The molecule has 1 aliphatic rings. The Kier molecular flexibility index (Phi) is 4.18. The third-order valence-corrected chi connectivity index (χ3v) is 2.69. The molecule has 0 radical (unpaired) electrons. The van der Waals surface area contributed by atoms with Crippen molar-refractivity contribution in [2.45, 2.75) is 25.9 Å². The van der Waals surface area contributed by atoms with Gasteiger partial charge < -0.3 is 4.74 Å². The van der Waals surface area contributed by atoms with Crippen molar-refractivity contribution in [3.63, 3.8) is 0 Å². The van der Waals surface area contributed by atoms with Crippen molar-refractivity contribution in [3.8, 4) is 0 Å². The number of carbonyl (C=O) groups excluding carboxylic acids is 1. The predicted octanol–water partition coefficient (Wildman–Crippen LogP) is 3.48. The maximum Gasteiger partial charge on any atom is 0.416 e. The molecular formula is C10H10BrF3O2. The largest absolute Gasteiger partial charge is 0.463 e. The molecule has 0 spiro atoms. The molecule has 0 heterocycles. The monoisotopic (exact) mass is 298 g/mol. The summed E-state index contributed by atoms with van der Waals surface area (Å²) in [7, 11) is 0. The normalized spacial score (nSPS) is 17.2. The number of halogens is 4. The minimum Gasteiger partial charge on any atom is -0.463 e. The van der Waals surface area contributed by atoms with Crippen LogP contribution in [-0.2, 0) is 9.53 Å². The molecule has 0 aromatic heterocycles. The summed E-state index contributed by atoms with van der Waals surface area (Å²) >= 11 is 3.01. The molecule has 0 bridgehead atoms. The number of alkyl halides is 3. The molecule has 0 fully saturated rings. The van der Waals surface area contributed by atoms with E-state index in [2.05, 4.69) is 20.7 Å². The first-order valence-electron chi connectivity index (χ1n) is 4.69. The van der Waals surface area contributed by atoms with E-state index < -0.39 is 17.7 Å². The molecule has 0 amide bonds. The van der Waals surface area contributed by atoms with Crippen molar-refractivity contribution in [1.82, 2.24) is 0 Å². The topological polar surface area (TPSA) is 26.3 Å². The summed E-state index contributed by atoms with van der Waals surface area (Å²) in [6.07, 6.45) is -3.16. The first kappa shape index (κ1) is 13.3. The highest BCUT2D eigenvalue weighted by Crippen LogP contribution is 2.37. The maximum atomic E-state index is 12.6. The first-order chi connectivity index (χ1) is 7.36. The van der Waals surface area contributed by atoms with Gasteiger partial charge in [-0.1, -0.05) is 15.9 Å². The molecule has 0 saturated carbocycles. The Balaban J connectivity index is 3.12. The summed E-state index contributed by atoms with van der Waals surface area (Å²) in [6.45, 7) is 1.62. The summed E-state index contributed by atoms with van der Waals surface area (Å²) in [4.78, 5) is 11.3. The van der Waals surface area contributed by atoms with E-state index in [0.29, 0.717) is 10.9 Å². The molecule has 1 rings (SSSR count). The van der Waals surface area contributed by atoms with Gasteiger partial charge in [0.1, 0.15) is 0 Å². The molecule has 0 atom stereocenters. The Morgan fingerprint density at radius 2 is 2.12 bits per heavy atom. The van der Waals surface area contributed by atoms with Gasteiger partial charge in [0.2, 0.25) is 0 Å². The van der Waals surface area contributed by atoms with Crippen LogP contribution in [0.3, 0.4) is 0 Å². The van der Waals surface area contributed by atoms with E-state index in [0.717, 1.165) is 6.08 Å². The SMILES string of the molecule is CCOC(=O)C1=C(C(F)(F)F)C=C(Br)CC1. The van der Waals surface area contributed by atoms with Gasteiger partial charge in [0, 0.05) is 5.57 Å². The Morgan fingerprint density at radius 3 is 2.62 bits per heavy atom. The number of esters is 1. The van der Waals surface area contributed by atoms with Crippen LogP contribution >= 0.6 is 15.9 Å². The highest BCUT2D eigenvalue weighted by molar-refractivity contribution is 9.11. The second kappa shape index (κ2) is 5.03. The first-order valence-corrected chi connectivity index (χ1v) is 5.49. The van der Waals surface area contributed by atoms with Gasteiger partial charge >= 0.3 is 12.1 Å². The zero-order valence-electron chi connectivity index (χ0n) is 8.53. The summed E-state index contributed by atoms with van der Waals surface area (Å²) in [5.74, 6) is -0.883. The van der Waals surface area contributed by atoms with Crippen LogP contribution in [0, 0.1) is 0 Å². The predicted molar refractivity (Wildman–Crippen MR) is 56.0 cm³/mol. The van der Waals surface area contributed by atoms with E-state index in [9.17, 15) is 18.0 Å². The van der Waals surface area contributed by atoms with Crippen molar-refractivity contribution in [2.75, 3.05) is 6.61 Å². The van der Waals surface area contributed by atoms with Gasteiger partial charge in [0.15, 0.2) is 0 Å². The van der Waals surface area contributed by atoms with Gasteiger partial charge in [-0.05, 0) is 30.3 Å². The van der Waals surface area contributed by atoms with Gasteiger partial charge in [-0.2, -0.15) is 13.2 Å². The van der Waals surface area contributed by atoms with Crippen LogP contribution in [0.25, 0.3) is 0 Å². The van der Waals surface area contributed by atoms with Gasteiger partial charge in [-0.15, -0.1) is 0 Å². The fraction of sp³-hybridized carbons (Fsp3) is 0.500. The molecule has 90 valence electrons. The standard InChI is InChI=1S/C10H10BrF3O2/c1-2-16-9(15)7-4-3-6(11)5-8(7)10(12,13)14/h5H,2-4H2,1H3. The molecule has 0 N–H and O–H groups in total. The van der Waals surface area contributed by atoms with Crippen molar-refractivity contribution in [3.05, 3.63) is 21.7 Å². The van der Waals surface area contributed by atoms with Gasteiger partial charge in [-0.3, -0.25) is 0 Å². The van der Waals surface area contributed by atoms with Crippen molar-refractivity contribution in [1.29, 1.82) is 0 Å². The van der Waals surface area contributed by atoms with Crippen molar-refractivity contribution >= 4 is 21.9 Å². The van der Waals surface area contributed by atoms with Crippen LogP contribution in [-0.4, -0.2) is 18.8 Å². The summed E-state index contributed by atoms with van der Waals surface area (Å²) < 4.78 is 42.9. The summed E-state index contributed by atoms with van der Waals surface area (Å²) in [6, 6.07) is 0. The van der Waals surface area contributed by atoms with Crippen LogP contribution < -0.4 is 0 Å². The van der Waals surface area contributed by atoms with Crippen LogP contribution in [0.5, 0.6) is 0 Å². The average Bonchev–Trinajstić information content (AvgIpc) is 2.16. The number of allylic oxidation sites excluding steroid dienone is 3. The lowest BCUT2D eigenvalue weighted by atomic mass is 9.97. The third kappa shape index (κ3) is 3.10. The Morgan fingerprint density at radius 1 is 1.50 bits per heavy atom. The Hall–Kier alpha value is -0.780. The highest BCUT2D eigenvalue weighted by Gasteiger charge is 2.38. The lowest BCUT2D eigenvalue weighted by Crippen LogP contribution is -2.20. The minimum atomic E-state index is -4.53. The zero-order valence-corrected chi connectivity index (χ0v) is 10.1. The molecule has 0 aliphatic heterocycles. The van der Waals surface area contributed by atoms with Crippen LogP contribution in [0.2, 0.25) is 0 Å². The highest BCUT2D eigenvalue weighted by atomic mass is 79.9. The van der Waals surface area contributed by atoms with Crippen molar-refractivity contribution < 1.29 is 22.7 Å². The second-order valence-electron chi connectivity index (χ2n) is 3.20. The molecule has 2 nitrogen and oxygen atoms in total. The van der Waals surface area contributed by atoms with Crippen LogP contribution in [0.1, 0.15) is 19.8 Å². The smallest absolute Gasteiger partial charge is 0.416 e. The van der Waals surface area contributed by atoms with Gasteiger partial charge in [-0.25, -0.2) is 4.79 Å². The van der Waals surface area contributed by atoms with Gasteiger partial charge in [0.05, 0.1) is 12.2 Å². The van der Waals surface area contributed by atoms with E-state index in [-0.39, 0.29) is 18.6 Å². The zero-order chi connectivity index (χ0) is 12.3. The number of ether oxygens (including phenoxy) is 1. The average molecular weight is 299 g/mol. The number of hydrogen-bond acceptors (Lipinski definition) is 2. The quantitative estimate of drug-likeness (QED) is 0.730. The molecule has 16 heavy (non-hydrogen) atoms. The van der Waals surface area contributed by atoms with Crippen molar-refractivity contribution in [2.24, 2.45) is 0 Å². The third-order valence-electron chi connectivity index (χ3n) is 2.07. The van der Waals surface area contributed by atoms with E-state index in [1.165, 1.54) is 0 Å². The number of rotatable bonds is 2. The molecular weight excluding hydrogens is 289 g/mol. The number of carbonyl (C=O) groups is 1. The maximum absolute atomic E-state index is 12.6. The molecule has 1 aliphatic carbocycles. The lowest BCUT2D eigenvalue weighted by Gasteiger charge is -2.18. The molecule has 6 heteroatoms. The second-order valence-corrected chi connectivity index (χ2v) is 4.22. The van der Waals surface area contributed by atoms with Crippen LogP contribution in [0.4, 0.5) is 13.2 Å². The summed E-state index contributed by atoms with van der Waals surface area (Å²) in [5.41, 5.74) is -1.21. The number of hydrogen-bond donors (Lipinski definition) is 0.